The van der Waals surface area contributed by atoms with Crippen molar-refractivity contribution in [3.05, 3.63) is 35.4 Å². The maximum absolute atomic E-state index is 12.1. The summed E-state index contributed by atoms with van der Waals surface area (Å²) >= 11 is 0. The smallest absolute Gasteiger partial charge is 0.251 e. The van der Waals surface area contributed by atoms with Gasteiger partial charge in [0.05, 0.1) is 18.8 Å². The van der Waals surface area contributed by atoms with Gasteiger partial charge < -0.3 is 15.5 Å². The first-order chi connectivity index (χ1) is 8.72. The lowest BCUT2D eigenvalue weighted by molar-refractivity contribution is 0.0723. The van der Waals surface area contributed by atoms with Crippen LogP contribution in [0.25, 0.3) is 0 Å². The highest BCUT2D eigenvalue weighted by molar-refractivity contribution is 5.94. The first kappa shape index (κ1) is 15.7. The van der Waals surface area contributed by atoms with Crippen molar-refractivity contribution < 1.29 is 15.0 Å². The fourth-order valence-electron chi connectivity index (χ4n) is 1.60. The molecule has 0 aliphatic heterocycles. The second-order valence-corrected chi connectivity index (χ2v) is 6.16. The SMILES string of the molecule is CC(CO)(CO)NC(=O)c1cccc(C(C)(C)C)c1. The van der Waals surface area contributed by atoms with Crippen molar-refractivity contribution in [2.75, 3.05) is 13.2 Å². The van der Waals surface area contributed by atoms with Crippen LogP contribution in [0.3, 0.4) is 0 Å². The molecule has 1 aromatic rings. The molecule has 0 fully saturated rings. The molecular formula is C15H23NO3. The summed E-state index contributed by atoms with van der Waals surface area (Å²) in [6.45, 7) is 7.21. The Morgan fingerprint density at radius 1 is 1.16 bits per heavy atom. The van der Waals surface area contributed by atoms with E-state index in [1.54, 1.807) is 13.0 Å². The van der Waals surface area contributed by atoms with Crippen LogP contribution in [0.15, 0.2) is 24.3 Å². The van der Waals surface area contributed by atoms with Crippen LogP contribution >= 0.6 is 0 Å². The van der Waals surface area contributed by atoms with E-state index in [2.05, 4.69) is 26.1 Å². The zero-order valence-electron chi connectivity index (χ0n) is 12.0. The Bertz CT molecular complexity index is 445. The van der Waals surface area contributed by atoms with Crippen molar-refractivity contribution in [1.82, 2.24) is 5.32 Å². The molecule has 106 valence electrons. The Morgan fingerprint density at radius 2 is 1.74 bits per heavy atom. The number of amides is 1. The van der Waals surface area contributed by atoms with Crippen molar-refractivity contribution in [2.45, 2.75) is 38.6 Å². The monoisotopic (exact) mass is 265 g/mol. The minimum Gasteiger partial charge on any atom is -0.394 e. The van der Waals surface area contributed by atoms with E-state index in [1.807, 2.05) is 18.2 Å². The molecule has 4 heteroatoms. The lowest BCUT2D eigenvalue weighted by Crippen LogP contribution is -2.51. The molecule has 1 amide bonds. The van der Waals surface area contributed by atoms with Gasteiger partial charge in [0.2, 0.25) is 0 Å². The highest BCUT2D eigenvalue weighted by Gasteiger charge is 2.25. The van der Waals surface area contributed by atoms with Crippen molar-refractivity contribution in [2.24, 2.45) is 0 Å². The first-order valence-electron chi connectivity index (χ1n) is 6.37. The topological polar surface area (TPSA) is 69.6 Å². The fourth-order valence-corrected chi connectivity index (χ4v) is 1.60. The molecule has 0 saturated heterocycles. The molecule has 3 N–H and O–H groups in total. The number of hydrogen-bond acceptors (Lipinski definition) is 3. The van der Waals surface area contributed by atoms with Crippen LogP contribution in [-0.4, -0.2) is 34.9 Å². The van der Waals surface area contributed by atoms with Crippen molar-refractivity contribution in [3.8, 4) is 0 Å². The van der Waals surface area contributed by atoms with E-state index in [-0.39, 0.29) is 24.5 Å². The minimum absolute atomic E-state index is 0.0342. The van der Waals surface area contributed by atoms with E-state index in [0.717, 1.165) is 5.56 Å². The van der Waals surface area contributed by atoms with Gasteiger partial charge in [0.25, 0.3) is 5.91 Å². The van der Waals surface area contributed by atoms with Crippen molar-refractivity contribution in [1.29, 1.82) is 0 Å². The number of rotatable bonds is 4. The lowest BCUT2D eigenvalue weighted by Gasteiger charge is -2.26. The summed E-state index contributed by atoms with van der Waals surface area (Å²) in [7, 11) is 0. The van der Waals surface area contributed by atoms with Gasteiger partial charge in [-0.05, 0) is 30.0 Å². The fraction of sp³-hybridized carbons (Fsp3) is 0.533. The Labute approximate surface area is 114 Å². The van der Waals surface area contributed by atoms with Crippen molar-refractivity contribution >= 4 is 5.91 Å². The third-order valence-electron chi connectivity index (χ3n) is 3.10. The number of nitrogens with one attached hydrogen (secondary N) is 1. The highest BCUT2D eigenvalue weighted by atomic mass is 16.3. The van der Waals surface area contributed by atoms with Gasteiger partial charge in [-0.3, -0.25) is 4.79 Å². The molecule has 0 aliphatic carbocycles. The van der Waals surface area contributed by atoms with Gasteiger partial charge in [-0.25, -0.2) is 0 Å². The van der Waals surface area contributed by atoms with Crippen LogP contribution in [0, 0.1) is 0 Å². The van der Waals surface area contributed by atoms with E-state index in [9.17, 15) is 15.0 Å². The Kier molecular flexibility index (Phi) is 4.71. The number of benzene rings is 1. The molecule has 0 aliphatic rings. The third-order valence-corrected chi connectivity index (χ3v) is 3.10. The van der Waals surface area contributed by atoms with Gasteiger partial charge >= 0.3 is 0 Å². The number of carbonyl (C=O) groups is 1. The molecule has 1 aromatic carbocycles. The quantitative estimate of drug-likeness (QED) is 0.772. The molecule has 0 saturated carbocycles. The van der Waals surface area contributed by atoms with Gasteiger partial charge in [-0.1, -0.05) is 32.9 Å². The first-order valence-corrected chi connectivity index (χ1v) is 6.37. The predicted molar refractivity (Wildman–Crippen MR) is 75.2 cm³/mol. The summed E-state index contributed by atoms with van der Waals surface area (Å²) in [6.07, 6.45) is 0. The molecule has 0 unspecified atom stereocenters. The standard InChI is InChI=1S/C15H23NO3/c1-14(2,3)12-7-5-6-11(8-12)13(19)16-15(4,9-17)10-18/h5-8,17-18H,9-10H2,1-4H3,(H,16,19). The van der Waals surface area contributed by atoms with Gasteiger partial charge in [0, 0.05) is 5.56 Å². The minimum atomic E-state index is -1.01. The molecule has 19 heavy (non-hydrogen) atoms. The average Bonchev–Trinajstić information content (AvgIpc) is 2.37. The van der Waals surface area contributed by atoms with Crippen LogP contribution in [0.4, 0.5) is 0 Å². The number of carbonyl (C=O) groups excluding carboxylic acids is 1. The Balaban J connectivity index is 2.95. The second-order valence-electron chi connectivity index (χ2n) is 6.16. The van der Waals surface area contributed by atoms with Gasteiger partial charge in [-0.2, -0.15) is 0 Å². The van der Waals surface area contributed by atoms with Gasteiger partial charge in [0.1, 0.15) is 0 Å². The summed E-state index contributed by atoms with van der Waals surface area (Å²) < 4.78 is 0. The van der Waals surface area contributed by atoms with E-state index in [1.165, 1.54) is 0 Å². The zero-order chi connectivity index (χ0) is 14.7. The van der Waals surface area contributed by atoms with Crippen LogP contribution in [0.2, 0.25) is 0 Å². The predicted octanol–water partition coefficient (Wildman–Crippen LogP) is 1.46. The normalized spacial score (nSPS) is 12.3. The lowest BCUT2D eigenvalue weighted by atomic mass is 9.86. The molecule has 0 atom stereocenters. The van der Waals surface area contributed by atoms with E-state index < -0.39 is 5.54 Å². The summed E-state index contributed by atoms with van der Waals surface area (Å²) in [6, 6.07) is 7.38. The van der Waals surface area contributed by atoms with E-state index in [0.29, 0.717) is 5.56 Å². The number of aliphatic hydroxyl groups is 2. The summed E-state index contributed by atoms with van der Waals surface area (Å²) in [5, 5.41) is 21.0. The molecule has 0 heterocycles. The molecule has 0 aromatic heterocycles. The molecule has 0 spiro atoms. The molecular weight excluding hydrogens is 242 g/mol. The zero-order valence-corrected chi connectivity index (χ0v) is 12.0. The summed E-state index contributed by atoms with van der Waals surface area (Å²) in [5.74, 6) is -0.295. The third kappa shape index (κ3) is 4.04. The average molecular weight is 265 g/mol. The van der Waals surface area contributed by atoms with Gasteiger partial charge in [-0.15, -0.1) is 0 Å². The maximum atomic E-state index is 12.1. The highest BCUT2D eigenvalue weighted by Crippen LogP contribution is 2.22. The van der Waals surface area contributed by atoms with Crippen LogP contribution in [0.5, 0.6) is 0 Å². The molecule has 0 radical (unpaired) electrons. The van der Waals surface area contributed by atoms with Crippen LogP contribution < -0.4 is 5.32 Å². The largest absolute Gasteiger partial charge is 0.394 e. The van der Waals surface area contributed by atoms with Crippen LogP contribution in [0.1, 0.15) is 43.6 Å². The van der Waals surface area contributed by atoms with Crippen molar-refractivity contribution in [3.63, 3.8) is 0 Å². The summed E-state index contributed by atoms with van der Waals surface area (Å²) in [5.41, 5.74) is 0.554. The number of hydrogen-bond donors (Lipinski definition) is 3. The molecule has 4 nitrogen and oxygen atoms in total. The van der Waals surface area contributed by atoms with Gasteiger partial charge in [0.15, 0.2) is 0 Å². The Hall–Kier alpha value is -1.39. The number of aliphatic hydroxyl groups excluding tert-OH is 2. The maximum Gasteiger partial charge on any atom is 0.251 e. The van der Waals surface area contributed by atoms with Crippen LogP contribution in [-0.2, 0) is 5.41 Å². The molecule has 1 rings (SSSR count). The molecule has 0 bridgehead atoms. The Morgan fingerprint density at radius 3 is 2.21 bits per heavy atom. The van der Waals surface area contributed by atoms with E-state index >= 15 is 0 Å². The van der Waals surface area contributed by atoms with E-state index in [4.69, 9.17) is 0 Å². The summed E-state index contributed by atoms with van der Waals surface area (Å²) in [4.78, 5) is 12.1. The second kappa shape index (κ2) is 5.72.